The summed E-state index contributed by atoms with van der Waals surface area (Å²) >= 11 is 0. The Balaban J connectivity index is 1.81. The van der Waals surface area contributed by atoms with Gasteiger partial charge in [-0.2, -0.15) is 0 Å². The van der Waals surface area contributed by atoms with Crippen LogP contribution in [0.15, 0.2) is 4.76 Å². The molecule has 0 aromatic rings. The number of nitrogens with two attached hydrogens (primary N) is 1. The highest BCUT2D eigenvalue weighted by Gasteiger charge is 2.27. The van der Waals surface area contributed by atoms with Gasteiger partial charge in [-0.25, -0.2) is 14.2 Å². The molecule has 2 aliphatic rings. The van der Waals surface area contributed by atoms with Crippen LogP contribution in [0.5, 0.6) is 0 Å². The maximum atomic E-state index is 13.4. The number of ether oxygens (including phenoxy) is 5. The van der Waals surface area contributed by atoms with Crippen molar-refractivity contribution < 1.29 is 51.7 Å². The van der Waals surface area contributed by atoms with E-state index in [9.17, 15) is 18.9 Å². The minimum absolute atomic E-state index is 0.0226. The van der Waals surface area contributed by atoms with Crippen molar-refractivity contribution in [3.8, 4) is 0 Å². The van der Waals surface area contributed by atoms with Gasteiger partial charge < -0.3 is 34.3 Å². The average molecular weight is 636 g/mol. The Morgan fingerprint density at radius 1 is 0.744 bits per heavy atom. The molecule has 0 aromatic carbocycles. The van der Waals surface area contributed by atoms with Crippen LogP contribution in [0.2, 0.25) is 0 Å². The van der Waals surface area contributed by atoms with Crippen LogP contribution in [0, 0.1) is 0 Å². The molecule has 2 aliphatic carbocycles. The number of carbonyl (C=O) groups is 3. The second-order valence-corrected chi connectivity index (χ2v) is 12.3. The smallest absolute Gasteiger partial charge is 0.464 e. The number of guanidine groups is 1. The number of carbonyl (C=O) groups excluding carboxylic acids is 3. The van der Waals surface area contributed by atoms with Gasteiger partial charge >= 0.3 is 26.0 Å². The van der Waals surface area contributed by atoms with Gasteiger partial charge in [0.05, 0.1) is 33.0 Å². The summed E-state index contributed by atoms with van der Waals surface area (Å²) in [5.41, 5.74) is 5.99. The van der Waals surface area contributed by atoms with Crippen LogP contribution >= 0.6 is 7.75 Å². The summed E-state index contributed by atoms with van der Waals surface area (Å²) in [5.74, 6) is -0.768. The van der Waals surface area contributed by atoms with Gasteiger partial charge in [-0.05, 0) is 57.8 Å². The molecule has 15 heteroatoms. The molecule has 2 N–H and O–H groups in total. The Labute approximate surface area is 254 Å². The van der Waals surface area contributed by atoms with Gasteiger partial charge in [0, 0.05) is 19.9 Å². The van der Waals surface area contributed by atoms with Crippen molar-refractivity contribution in [1.82, 2.24) is 4.90 Å². The molecule has 0 aromatic heterocycles. The van der Waals surface area contributed by atoms with E-state index in [0.717, 1.165) is 77.0 Å². The van der Waals surface area contributed by atoms with Crippen molar-refractivity contribution in [3.63, 3.8) is 0 Å². The van der Waals surface area contributed by atoms with Crippen molar-refractivity contribution in [2.75, 3.05) is 46.6 Å². The molecule has 0 spiro atoms. The number of nitrogens with zero attached hydrogens (tertiary/aromatic N) is 2. The third-order valence-electron chi connectivity index (χ3n) is 6.90. The van der Waals surface area contributed by atoms with E-state index in [1.165, 1.54) is 11.9 Å². The molecule has 14 nitrogen and oxygen atoms in total. The molecule has 0 atom stereocenters. The Kier molecular flexibility index (Phi) is 18.0. The lowest BCUT2D eigenvalue weighted by Crippen LogP contribution is -2.38. The van der Waals surface area contributed by atoms with Crippen molar-refractivity contribution in [1.29, 1.82) is 0 Å². The van der Waals surface area contributed by atoms with Gasteiger partial charge in [0.2, 0.25) is 5.96 Å². The highest BCUT2D eigenvalue weighted by Crippen LogP contribution is 2.50. The summed E-state index contributed by atoms with van der Waals surface area (Å²) in [4.78, 5) is 37.2. The normalized spacial score (nSPS) is 16.7. The Bertz CT molecular complexity index is 862. The van der Waals surface area contributed by atoms with Crippen LogP contribution in [0.3, 0.4) is 0 Å². The first-order valence-corrected chi connectivity index (χ1v) is 17.0. The maximum Gasteiger partial charge on any atom is 0.508 e. The van der Waals surface area contributed by atoms with Crippen molar-refractivity contribution in [2.45, 2.75) is 109 Å². The van der Waals surface area contributed by atoms with Crippen LogP contribution in [0.1, 0.15) is 96.8 Å². The van der Waals surface area contributed by atoms with Crippen LogP contribution in [0.25, 0.3) is 0 Å². The van der Waals surface area contributed by atoms with E-state index in [-0.39, 0.29) is 70.6 Å². The van der Waals surface area contributed by atoms with E-state index in [1.54, 1.807) is 0 Å². The lowest BCUT2D eigenvalue weighted by molar-refractivity contribution is -0.143. The summed E-state index contributed by atoms with van der Waals surface area (Å²) in [5, 5.41) is 0. The summed E-state index contributed by atoms with van der Waals surface area (Å²) in [6.45, 7) is 1.75. The molecule has 2 saturated carbocycles. The Hall–Kier alpha value is -2.57. The van der Waals surface area contributed by atoms with Crippen LogP contribution in [-0.4, -0.2) is 88.0 Å². The van der Waals surface area contributed by atoms with Gasteiger partial charge in [-0.3, -0.25) is 13.8 Å². The zero-order valence-corrected chi connectivity index (χ0v) is 26.6. The van der Waals surface area contributed by atoms with E-state index in [4.69, 9.17) is 38.5 Å². The van der Waals surface area contributed by atoms with Gasteiger partial charge in [0.15, 0.2) is 0 Å². The SMILES string of the molecule is CCCCOC(=O)CN(C)/C(N)=N/P(=O)(OCCCOC(=O)OC1CCCCC1)OCCCOC(=O)OC1CCCCC1. The van der Waals surface area contributed by atoms with Gasteiger partial charge in [0.25, 0.3) is 0 Å². The lowest BCUT2D eigenvalue weighted by Gasteiger charge is -2.21. The molecule has 0 unspecified atom stereocenters. The molecule has 0 bridgehead atoms. The standard InChI is InChI=1S/C28H50N3O11P/c1-3-4-17-36-25(32)22-31(2)26(29)30-43(35,39-20-11-18-37-27(33)41-23-13-7-5-8-14-23)40-21-12-19-38-28(34)42-24-15-9-6-10-16-24/h23-24H,3-22H2,1-2H3,(H2,29,30,35). The molecule has 2 fully saturated rings. The largest absolute Gasteiger partial charge is 0.508 e. The highest BCUT2D eigenvalue weighted by molar-refractivity contribution is 7.52. The van der Waals surface area contributed by atoms with Gasteiger partial charge in [-0.1, -0.05) is 26.2 Å². The number of hydrogen-bond donors (Lipinski definition) is 1. The molecular weight excluding hydrogens is 585 g/mol. The number of hydrogen-bond acceptors (Lipinski definition) is 11. The Morgan fingerprint density at radius 3 is 1.67 bits per heavy atom. The fourth-order valence-electron chi connectivity index (χ4n) is 4.44. The van der Waals surface area contributed by atoms with E-state index < -0.39 is 26.0 Å². The molecule has 0 amide bonds. The molecule has 0 radical (unpaired) electrons. The predicted octanol–water partition coefficient (Wildman–Crippen LogP) is 5.47. The predicted molar refractivity (Wildman–Crippen MR) is 157 cm³/mol. The van der Waals surface area contributed by atoms with E-state index in [1.807, 2.05) is 6.92 Å². The highest BCUT2D eigenvalue weighted by atomic mass is 31.2. The molecule has 0 heterocycles. The molecule has 43 heavy (non-hydrogen) atoms. The van der Waals surface area contributed by atoms with Crippen LogP contribution < -0.4 is 5.73 Å². The fraction of sp³-hybridized carbons (Fsp3) is 0.857. The third kappa shape index (κ3) is 16.7. The second kappa shape index (κ2) is 21.2. The Morgan fingerprint density at radius 2 is 1.21 bits per heavy atom. The van der Waals surface area contributed by atoms with Gasteiger partial charge in [-0.15, -0.1) is 4.76 Å². The van der Waals surface area contributed by atoms with E-state index in [0.29, 0.717) is 0 Å². The summed E-state index contributed by atoms with van der Waals surface area (Å²) < 4.78 is 54.2. The number of likely N-dealkylation sites (N-methyl/N-ethyl adjacent to an activating group) is 1. The monoisotopic (exact) mass is 635 g/mol. The minimum Gasteiger partial charge on any atom is -0.464 e. The van der Waals surface area contributed by atoms with Crippen molar-refractivity contribution in [3.05, 3.63) is 0 Å². The summed E-state index contributed by atoms with van der Waals surface area (Å²) in [6, 6.07) is 0. The molecule has 248 valence electrons. The molecule has 0 saturated heterocycles. The van der Waals surface area contributed by atoms with E-state index in [2.05, 4.69) is 4.76 Å². The fourth-order valence-corrected chi connectivity index (χ4v) is 5.76. The zero-order valence-electron chi connectivity index (χ0n) is 25.7. The van der Waals surface area contributed by atoms with Crippen molar-refractivity contribution >= 4 is 32.0 Å². The molecular formula is C28H50N3O11P. The number of esters is 1. The third-order valence-corrected chi connectivity index (χ3v) is 8.37. The first-order chi connectivity index (χ1) is 20.7. The van der Waals surface area contributed by atoms with Gasteiger partial charge in [0.1, 0.15) is 18.8 Å². The molecule has 0 aliphatic heterocycles. The summed E-state index contributed by atoms with van der Waals surface area (Å²) in [7, 11) is -2.67. The second-order valence-electron chi connectivity index (χ2n) is 10.7. The maximum absolute atomic E-state index is 13.4. The molecule has 2 rings (SSSR count). The topological polar surface area (TPSA) is 175 Å². The quantitative estimate of drug-likeness (QED) is 0.0502. The number of rotatable bonds is 18. The number of unbranched alkanes of at least 4 members (excludes halogenated alkanes) is 1. The first-order valence-electron chi connectivity index (χ1n) is 15.5. The lowest BCUT2D eigenvalue weighted by atomic mass is 9.98. The zero-order chi connectivity index (χ0) is 31.3. The minimum atomic E-state index is -4.16. The van der Waals surface area contributed by atoms with E-state index >= 15 is 0 Å². The van der Waals surface area contributed by atoms with Crippen molar-refractivity contribution in [2.24, 2.45) is 10.5 Å². The first kappa shape index (κ1) is 36.6. The summed E-state index contributed by atoms with van der Waals surface area (Å²) in [6.07, 6.45) is 9.95. The van der Waals surface area contributed by atoms with Crippen LogP contribution in [-0.2, 0) is 42.1 Å². The average Bonchev–Trinajstić information content (AvgIpc) is 2.98. The van der Waals surface area contributed by atoms with Crippen LogP contribution in [0.4, 0.5) is 9.59 Å².